The monoisotopic (exact) mass is 618 g/mol. The Hall–Kier alpha value is -4.08. The molecule has 0 N–H and O–H groups in total. The maximum Gasteiger partial charge on any atom is 2.00 e. The van der Waals surface area contributed by atoms with E-state index in [1.807, 2.05) is 88.4 Å². The molecule has 0 radical (unpaired) electrons. The molecule has 0 aromatic heterocycles. The zero-order valence-corrected chi connectivity index (χ0v) is 29.9. The van der Waals surface area contributed by atoms with Crippen molar-refractivity contribution in [3.05, 3.63) is 153 Å². The van der Waals surface area contributed by atoms with E-state index in [9.17, 15) is 0 Å². The summed E-state index contributed by atoms with van der Waals surface area (Å²) in [7, 11) is 0. The minimum absolute atomic E-state index is 0. The topological polar surface area (TPSA) is 52.9 Å². The summed E-state index contributed by atoms with van der Waals surface area (Å²) in [5.41, 5.74) is 12.7. The maximum absolute atomic E-state index is 4.58. The van der Waals surface area contributed by atoms with Crippen molar-refractivity contribution in [2.75, 3.05) is 0 Å². The Balaban J connectivity index is 0.000000293. The number of rotatable bonds is 8. The summed E-state index contributed by atoms with van der Waals surface area (Å²) in [5.74, 6) is 0. The molecule has 0 amide bonds. The van der Waals surface area contributed by atoms with Crippen molar-refractivity contribution < 1.29 is 19.5 Å². The van der Waals surface area contributed by atoms with Crippen LogP contribution >= 0.6 is 0 Å². The van der Waals surface area contributed by atoms with Gasteiger partial charge in [0.25, 0.3) is 0 Å². The number of hydrogen-bond acceptors (Lipinski definition) is 2. The number of benzene rings is 4. The average molecular weight is 620 g/mol. The van der Waals surface area contributed by atoms with Crippen LogP contribution in [0.5, 0.6) is 0 Å². The molecule has 4 rings (SSSR count). The average Bonchev–Trinajstić information content (AvgIpc) is 2.94. The summed E-state index contributed by atoms with van der Waals surface area (Å²) in [5, 5.41) is 9.15. The first kappa shape index (κ1) is 35.1. The van der Waals surface area contributed by atoms with Crippen LogP contribution in [-0.2, 0) is 19.5 Å². The number of nitrogens with zero attached hydrogens (tertiary/aromatic N) is 4. The third-order valence-electron chi connectivity index (χ3n) is 6.19. The molecule has 0 spiro atoms. The Bertz CT molecular complexity index is 1420. The predicted octanol–water partition coefficient (Wildman–Crippen LogP) is 12.0. The first-order valence-electron chi connectivity index (χ1n) is 14.2. The zero-order chi connectivity index (χ0) is 30.5. The first-order valence-corrected chi connectivity index (χ1v) is 14.2. The number of hydrogen-bond donors (Lipinski definition) is 0. The minimum Gasteiger partial charge on any atom is -0.661 e. The van der Waals surface area contributed by atoms with E-state index in [0.717, 1.165) is 45.6 Å². The largest absolute Gasteiger partial charge is 2.00 e. The van der Waals surface area contributed by atoms with Gasteiger partial charge in [0.05, 0.1) is 11.4 Å². The van der Waals surface area contributed by atoms with Gasteiger partial charge in [0, 0.05) is 11.4 Å². The van der Waals surface area contributed by atoms with Crippen LogP contribution in [0.15, 0.2) is 131 Å². The summed E-state index contributed by atoms with van der Waals surface area (Å²) in [6, 6.07) is 32.8. The molecule has 5 heteroatoms. The van der Waals surface area contributed by atoms with Gasteiger partial charge in [-0.3, -0.25) is 9.98 Å². The molecule has 0 aliphatic carbocycles. The van der Waals surface area contributed by atoms with Crippen LogP contribution in [0.1, 0.15) is 49.9 Å². The Morgan fingerprint density at radius 2 is 0.698 bits per heavy atom. The van der Waals surface area contributed by atoms with Gasteiger partial charge in [-0.05, 0) is 65.8 Å². The molecule has 4 nitrogen and oxygen atoms in total. The van der Waals surface area contributed by atoms with Gasteiger partial charge in [0.2, 0.25) is 0 Å². The fourth-order valence-corrected chi connectivity index (χ4v) is 4.03. The van der Waals surface area contributed by atoms with Gasteiger partial charge in [-0.25, -0.2) is 0 Å². The van der Waals surface area contributed by atoms with Crippen molar-refractivity contribution in [2.24, 2.45) is 9.98 Å². The Morgan fingerprint density at radius 1 is 0.442 bits per heavy atom. The predicted molar refractivity (Wildman–Crippen MR) is 184 cm³/mol. The normalized spacial score (nSPS) is 12.1. The van der Waals surface area contributed by atoms with E-state index in [-0.39, 0.29) is 19.5 Å². The molecule has 0 aliphatic rings. The van der Waals surface area contributed by atoms with Crippen molar-refractivity contribution >= 4 is 34.2 Å². The van der Waals surface area contributed by atoms with E-state index < -0.39 is 0 Å². The second-order valence-corrected chi connectivity index (χ2v) is 10.6. The van der Waals surface area contributed by atoms with Gasteiger partial charge < -0.3 is 10.6 Å². The molecule has 0 unspecified atom stereocenters. The fourth-order valence-electron chi connectivity index (χ4n) is 4.03. The van der Waals surface area contributed by atoms with E-state index >= 15 is 0 Å². The molecule has 0 atom stereocenters. The van der Waals surface area contributed by atoms with Gasteiger partial charge >= 0.3 is 19.5 Å². The molecule has 4 aromatic rings. The number of aryl methyl sites for hydroxylation is 4. The summed E-state index contributed by atoms with van der Waals surface area (Å²) in [6.45, 7) is 16.3. The quantitative estimate of drug-likeness (QED) is 0.139. The van der Waals surface area contributed by atoms with Crippen LogP contribution in [0.3, 0.4) is 0 Å². The Labute approximate surface area is 271 Å². The van der Waals surface area contributed by atoms with E-state index in [2.05, 4.69) is 96.8 Å². The van der Waals surface area contributed by atoms with Crippen LogP contribution < -0.4 is 0 Å². The summed E-state index contributed by atoms with van der Waals surface area (Å²) in [6.07, 6.45) is 4.00. The van der Waals surface area contributed by atoms with E-state index in [1.165, 1.54) is 22.3 Å². The van der Waals surface area contributed by atoms with Crippen molar-refractivity contribution in [1.29, 1.82) is 0 Å². The van der Waals surface area contributed by atoms with Gasteiger partial charge in [-0.15, -0.1) is 11.4 Å². The van der Waals surface area contributed by atoms with Crippen LogP contribution in [0.25, 0.3) is 10.6 Å². The standard InChI is InChI=1S/2C19H21N2.Zn/c2*1-14-5-9-18(10-6-14)20-16(3)13-17(4)21-19-11-7-15(2)8-12-19;/h2*5-13H,1-4H3;/q2*-1;+2/b2*16-13-,21-17?;. The SMILES string of the molecule is CC(/C=C(/C)[N-]c1ccc(C)cc1)=Nc1ccc(C)cc1.CC(/C=C(/C)[N-]c1ccc(C)cc1)=Nc1ccc(C)cc1.[Zn+2]. The molecular formula is C38H42N4Zn. The van der Waals surface area contributed by atoms with Gasteiger partial charge in [0.1, 0.15) is 0 Å². The van der Waals surface area contributed by atoms with Gasteiger partial charge in [0.15, 0.2) is 0 Å². The van der Waals surface area contributed by atoms with E-state index in [1.54, 1.807) is 0 Å². The zero-order valence-electron chi connectivity index (χ0n) is 26.9. The third kappa shape index (κ3) is 13.6. The molecule has 216 valence electrons. The minimum atomic E-state index is 0. The molecule has 0 saturated heterocycles. The first-order chi connectivity index (χ1) is 20.0. The number of allylic oxidation sites excluding steroid dienone is 4. The number of aliphatic imine (C=N–C) groups is 2. The summed E-state index contributed by atoms with van der Waals surface area (Å²) < 4.78 is 0. The third-order valence-corrected chi connectivity index (χ3v) is 6.19. The summed E-state index contributed by atoms with van der Waals surface area (Å²) in [4.78, 5) is 9.15. The molecule has 0 bridgehead atoms. The van der Waals surface area contributed by atoms with Crippen molar-refractivity contribution in [1.82, 2.24) is 0 Å². The van der Waals surface area contributed by atoms with Gasteiger partial charge in [-0.2, -0.15) is 11.4 Å². The van der Waals surface area contributed by atoms with Crippen LogP contribution in [-0.4, -0.2) is 11.4 Å². The fraction of sp³-hybridized carbons (Fsp3) is 0.211. The second kappa shape index (κ2) is 17.8. The Morgan fingerprint density at radius 3 is 0.977 bits per heavy atom. The van der Waals surface area contributed by atoms with Gasteiger partial charge in [-0.1, -0.05) is 121 Å². The summed E-state index contributed by atoms with van der Waals surface area (Å²) >= 11 is 0. The molecule has 4 aromatic carbocycles. The van der Waals surface area contributed by atoms with Crippen LogP contribution in [0.4, 0.5) is 22.7 Å². The second-order valence-electron chi connectivity index (χ2n) is 10.6. The van der Waals surface area contributed by atoms with E-state index in [4.69, 9.17) is 0 Å². The van der Waals surface area contributed by atoms with Crippen molar-refractivity contribution in [3.63, 3.8) is 0 Å². The Kier molecular flexibility index (Phi) is 14.5. The smallest absolute Gasteiger partial charge is 0.661 e. The molecule has 0 fully saturated rings. The maximum atomic E-state index is 4.58. The van der Waals surface area contributed by atoms with Crippen molar-refractivity contribution in [3.8, 4) is 0 Å². The van der Waals surface area contributed by atoms with Crippen LogP contribution in [0.2, 0.25) is 0 Å². The molecule has 43 heavy (non-hydrogen) atoms. The van der Waals surface area contributed by atoms with E-state index in [0.29, 0.717) is 0 Å². The van der Waals surface area contributed by atoms with Crippen molar-refractivity contribution in [2.45, 2.75) is 55.4 Å². The molecule has 0 heterocycles. The molecule has 0 saturated carbocycles. The molecular weight excluding hydrogens is 578 g/mol. The van der Waals surface area contributed by atoms with Crippen LogP contribution in [0, 0.1) is 27.7 Å². The molecule has 0 aliphatic heterocycles.